The number of aryl methyl sites for hydroxylation is 1. The Balaban J connectivity index is 2.03. The normalized spacial score (nSPS) is 19.4. The minimum Gasteiger partial charge on any atom is -0.377 e. The van der Waals surface area contributed by atoms with E-state index in [2.05, 4.69) is 27.2 Å². The van der Waals surface area contributed by atoms with E-state index in [0.29, 0.717) is 19.8 Å². The van der Waals surface area contributed by atoms with Crippen LogP contribution in [0.1, 0.15) is 12.0 Å². The first-order valence-electron chi connectivity index (χ1n) is 6.48. The van der Waals surface area contributed by atoms with Gasteiger partial charge < -0.3 is 15.4 Å². The number of hydrogen-bond donors (Lipinski definition) is 1. The molecule has 0 aliphatic carbocycles. The minimum atomic E-state index is -0.321. The first-order chi connectivity index (χ1) is 9.66. The average Bonchev–Trinajstić information content (AvgIpc) is 2.81. The van der Waals surface area contributed by atoms with Gasteiger partial charge in [-0.25, -0.2) is 9.97 Å². The standard InChI is InChI=1S/C13H16N4O2S/c1-8-6-20-13-11(8)12(15-7-16-13)17-2-3-19-5-9(17)4-10(14)18/h6-7,9H,2-5H2,1H3,(H2,14,18). The van der Waals surface area contributed by atoms with E-state index in [1.807, 2.05) is 0 Å². The molecule has 6 nitrogen and oxygen atoms in total. The highest BCUT2D eigenvalue weighted by atomic mass is 32.1. The van der Waals surface area contributed by atoms with Crippen molar-refractivity contribution in [2.24, 2.45) is 5.73 Å². The summed E-state index contributed by atoms with van der Waals surface area (Å²) in [7, 11) is 0. The molecule has 1 aliphatic rings. The molecule has 2 aromatic heterocycles. The maximum atomic E-state index is 11.2. The molecule has 106 valence electrons. The molecule has 0 radical (unpaired) electrons. The van der Waals surface area contributed by atoms with Crippen LogP contribution in [0.3, 0.4) is 0 Å². The summed E-state index contributed by atoms with van der Waals surface area (Å²) >= 11 is 1.61. The number of thiophene rings is 1. The molecule has 1 fully saturated rings. The van der Waals surface area contributed by atoms with Gasteiger partial charge in [0.2, 0.25) is 5.91 Å². The number of nitrogens with zero attached hydrogens (tertiary/aromatic N) is 3. The fourth-order valence-corrected chi connectivity index (χ4v) is 3.44. The molecule has 0 aromatic carbocycles. The summed E-state index contributed by atoms with van der Waals surface area (Å²) in [6.45, 7) is 3.89. The van der Waals surface area contributed by atoms with Gasteiger partial charge in [-0.05, 0) is 17.9 Å². The Hall–Kier alpha value is -1.73. The molecule has 0 spiro atoms. The smallest absolute Gasteiger partial charge is 0.219 e. The summed E-state index contributed by atoms with van der Waals surface area (Å²) in [5.74, 6) is 0.557. The van der Waals surface area contributed by atoms with Gasteiger partial charge in [0.1, 0.15) is 17.0 Å². The third kappa shape index (κ3) is 2.34. The number of primary amides is 1. The molecule has 7 heteroatoms. The molecule has 3 heterocycles. The van der Waals surface area contributed by atoms with Crippen LogP contribution in [0.5, 0.6) is 0 Å². The Morgan fingerprint density at radius 1 is 1.60 bits per heavy atom. The third-order valence-electron chi connectivity index (χ3n) is 3.47. The van der Waals surface area contributed by atoms with Crippen LogP contribution in [0.15, 0.2) is 11.7 Å². The first kappa shape index (κ1) is 13.3. The molecule has 0 saturated carbocycles. The molecule has 1 saturated heterocycles. The van der Waals surface area contributed by atoms with Crippen LogP contribution in [-0.2, 0) is 9.53 Å². The number of fused-ring (bicyclic) bond motifs is 1. The van der Waals surface area contributed by atoms with Gasteiger partial charge in [0.15, 0.2) is 0 Å². The van der Waals surface area contributed by atoms with Gasteiger partial charge >= 0.3 is 0 Å². The van der Waals surface area contributed by atoms with E-state index in [4.69, 9.17) is 10.5 Å². The van der Waals surface area contributed by atoms with E-state index in [9.17, 15) is 4.79 Å². The zero-order chi connectivity index (χ0) is 14.1. The van der Waals surface area contributed by atoms with Crippen molar-refractivity contribution in [3.05, 3.63) is 17.3 Å². The van der Waals surface area contributed by atoms with Crippen molar-refractivity contribution in [1.82, 2.24) is 9.97 Å². The summed E-state index contributed by atoms with van der Waals surface area (Å²) in [6.07, 6.45) is 1.85. The average molecular weight is 292 g/mol. The Morgan fingerprint density at radius 2 is 2.45 bits per heavy atom. The van der Waals surface area contributed by atoms with Crippen LogP contribution in [0, 0.1) is 6.92 Å². The van der Waals surface area contributed by atoms with E-state index in [0.717, 1.165) is 21.6 Å². The SMILES string of the molecule is Cc1csc2ncnc(N3CCOCC3CC(N)=O)c12. The van der Waals surface area contributed by atoms with Gasteiger partial charge in [0.05, 0.1) is 24.6 Å². The second-order valence-corrected chi connectivity index (χ2v) is 5.75. The van der Waals surface area contributed by atoms with E-state index >= 15 is 0 Å². The van der Waals surface area contributed by atoms with Crippen molar-refractivity contribution in [1.29, 1.82) is 0 Å². The molecule has 20 heavy (non-hydrogen) atoms. The zero-order valence-electron chi connectivity index (χ0n) is 11.2. The summed E-state index contributed by atoms with van der Waals surface area (Å²) in [5.41, 5.74) is 6.49. The molecular weight excluding hydrogens is 276 g/mol. The Morgan fingerprint density at radius 3 is 3.25 bits per heavy atom. The van der Waals surface area contributed by atoms with Crippen molar-refractivity contribution in [3.8, 4) is 0 Å². The predicted molar refractivity (Wildman–Crippen MR) is 77.9 cm³/mol. The lowest BCUT2D eigenvalue weighted by Crippen LogP contribution is -2.47. The summed E-state index contributed by atoms with van der Waals surface area (Å²) < 4.78 is 5.47. The number of ether oxygens (including phenoxy) is 1. The molecule has 2 aromatic rings. The first-order valence-corrected chi connectivity index (χ1v) is 7.36. The lowest BCUT2D eigenvalue weighted by Gasteiger charge is -2.36. The van der Waals surface area contributed by atoms with Gasteiger partial charge in [-0.2, -0.15) is 0 Å². The molecule has 0 bridgehead atoms. The van der Waals surface area contributed by atoms with Crippen LogP contribution in [0.25, 0.3) is 10.2 Å². The molecule has 1 atom stereocenters. The van der Waals surface area contributed by atoms with Crippen LogP contribution >= 0.6 is 11.3 Å². The number of carbonyl (C=O) groups excluding carboxylic acids is 1. The number of nitrogens with two attached hydrogens (primary N) is 1. The summed E-state index contributed by atoms with van der Waals surface area (Å²) in [6, 6.07) is -0.0568. The lowest BCUT2D eigenvalue weighted by molar-refractivity contribution is -0.118. The minimum absolute atomic E-state index is 0.0568. The van der Waals surface area contributed by atoms with E-state index in [-0.39, 0.29) is 18.4 Å². The maximum Gasteiger partial charge on any atom is 0.219 e. The summed E-state index contributed by atoms with van der Waals surface area (Å²) in [5, 5.41) is 3.14. The fourth-order valence-electron chi connectivity index (χ4n) is 2.55. The molecular formula is C13H16N4O2S. The quantitative estimate of drug-likeness (QED) is 0.915. The van der Waals surface area contributed by atoms with Gasteiger partial charge in [-0.15, -0.1) is 11.3 Å². The van der Waals surface area contributed by atoms with Crippen LogP contribution in [-0.4, -0.2) is 41.7 Å². The Labute approximate surface area is 120 Å². The second kappa shape index (κ2) is 5.34. The number of anilines is 1. The number of hydrogen-bond acceptors (Lipinski definition) is 6. The topological polar surface area (TPSA) is 81.3 Å². The van der Waals surface area contributed by atoms with Crippen LogP contribution in [0.4, 0.5) is 5.82 Å². The highest BCUT2D eigenvalue weighted by Gasteiger charge is 2.27. The van der Waals surface area contributed by atoms with E-state index < -0.39 is 0 Å². The van der Waals surface area contributed by atoms with Gasteiger partial charge in [-0.3, -0.25) is 4.79 Å². The number of rotatable bonds is 3. The number of morpholine rings is 1. The zero-order valence-corrected chi connectivity index (χ0v) is 12.0. The molecule has 2 N–H and O–H groups in total. The van der Waals surface area contributed by atoms with Gasteiger partial charge in [0.25, 0.3) is 0 Å². The van der Waals surface area contributed by atoms with Crippen LogP contribution in [0.2, 0.25) is 0 Å². The predicted octanol–water partition coefficient (Wildman–Crippen LogP) is 1.08. The fraction of sp³-hybridized carbons (Fsp3) is 0.462. The monoisotopic (exact) mass is 292 g/mol. The van der Waals surface area contributed by atoms with Crippen molar-refractivity contribution in [3.63, 3.8) is 0 Å². The maximum absolute atomic E-state index is 11.2. The number of carbonyl (C=O) groups is 1. The largest absolute Gasteiger partial charge is 0.377 e. The Bertz CT molecular complexity index is 642. The van der Waals surface area contributed by atoms with E-state index in [1.165, 1.54) is 0 Å². The molecule has 1 unspecified atom stereocenters. The highest BCUT2D eigenvalue weighted by molar-refractivity contribution is 7.17. The molecule has 1 aliphatic heterocycles. The third-order valence-corrected chi connectivity index (χ3v) is 4.47. The van der Waals surface area contributed by atoms with Crippen molar-refractivity contribution < 1.29 is 9.53 Å². The highest BCUT2D eigenvalue weighted by Crippen LogP contribution is 2.32. The van der Waals surface area contributed by atoms with Gasteiger partial charge in [-0.1, -0.05) is 0 Å². The number of amides is 1. The number of aromatic nitrogens is 2. The Kier molecular flexibility index (Phi) is 3.54. The molecule has 1 amide bonds. The second-order valence-electron chi connectivity index (χ2n) is 4.89. The lowest BCUT2D eigenvalue weighted by atomic mass is 10.1. The van der Waals surface area contributed by atoms with Crippen molar-refractivity contribution in [2.75, 3.05) is 24.7 Å². The summed E-state index contributed by atoms with van der Waals surface area (Å²) in [4.78, 5) is 23.1. The van der Waals surface area contributed by atoms with Crippen molar-refractivity contribution >= 4 is 33.3 Å². The van der Waals surface area contributed by atoms with Crippen molar-refractivity contribution in [2.45, 2.75) is 19.4 Å². The van der Waals surface area contributed by atoms with E-state index in [1.54, 1.807) is 17.7 Å². The molecule has 3 rings (SSSR count). The van der Waals surface area contributed by atoms with Gasteiger partial charge in [0, 0.05) is 13.0 Å². The van der Waals surface area contributed by atoms with Crippen LogP contribution < -0.4 is 10.6 Å².